The minimum atomic E-state index is -0.196. The minimum absolute atomic E-state index is 0. The van der Waals surface area contributed by atoms with Gasteiger partial charge in [-0.05, 0) is 50.3 Å². The third kappa shape index (κ3) is 5.04. The zero-order valence-electron chi connectivity index (χ0n) is 13.4. The second-order valence-electron chi connectivity index (χ2n) is 6.00. The summed E-state index contributed by atoms with van der Waals surface area (Å²) >= 11 is 0. The smallest absolute Gasteiger partial charge is 0.191 e. The van der Waals surface area contributed by atoms with Crippen molar-refractivity contribution in [3.8, 4) is 0 Å². The van der Waals surface area contributed by atoms with Crippen molar-refractivity contribution < 1.29 is 9.13 Å². The van der Waals surface area contributed by atoms with E-state index in [1.807, 2.05) is 12.1 Å². The summed E-state index contributed by atoms with van der Waals surface area (Å²) in [5.74, 6) is 0.657. The first-order chi connectivity index (χ1) is 10.7. The molecule has 3 unspecified atom stereocenters. The Labute approximate surface area is 154 Å². The highest BCUT2D eigenvalue weighted by Gasteiger charge is 2.41. The van der Waals surface area contributed by atoms with Crippen LogP contribution in [0.4, 0.5) is 4.39 Å². The van der Waals surface area contributed by atoms with Crippen LogP contribution in [-0.4, -0.2) is 37.3 Å². The lowest BCUT2D eigenvalue weighted by Gasteiger charge is -2.22. The fourth-order valence-corrected chi connectivity index (χ4v) is 3.23. The Balaban J connectivity index is 0.00000192. The molecule has 3 rings (SSSR count). The Morgan fingerprint density at radius 3 is 2.70 bits per heavy atom. The van der Waals surface area contributed by atoms with Crippen molar-refractivity contribution in [2.75, 3.05) is 13.1 Å². The predicted molar refractivity (Wildman–Crippen MR) is 101 cm³/mol. The molecule has 128 valence electrons. The number of rotatable bonds is 5. The number of guanidine groups is 1. The highest BCUT2D eigenvalue weighted by atomic mass is 127. The Kier molecular flexibility index (Phi) is 7.08. The molecule has 23 heavy (non-hydrogen) atoms. The van der Waals surface area contributed by atoms with Crippen LogP contribution in [0, 0.1) is 5.82 Å². The van der Waals surface area contributed by atoms with Crippen molar-refractivity contribution >= 4 is 29.9 Å². The highest BCUT2D eigenvalue weighted by molar-refractivity contribution is 14.0. The first-order valence-electron chi connectivity index (χ1n) is 8.19. The average Bonchev–Trinajstić information content (AvgIpc) is 3.12. The standard InChI is InChI=1S/C17H24FN3O.HI/c1-2-19-17(21-15-11-14-7-8-16(15)22-14)20-10-9-12-3-5-13(18)6-4-12;/h3-6,14-16H,2,7-11H2,1H3,(H2,19,20,21);1H. The summed E-state index contributed by atoms with van der Waals surface area (Å²) < 4.78 is 18.7. The van der Waals surface area contributed by atoms with E-state index in [4.69, 9.17) is 4.74 Å². The van der Waals surface area contributed by atoms with Gasteiger partial charge in [-0.3, -0.25) is 4.99 Å². The van der Waals surface area contributed by atoms with Crippen LogP contribution in [0.5, 0.6) is 0 Å². The number of halogens is 2. The summed E-state index contributed by atoms with van der Waals surface area (Å²) in [6, 6.07) is 7.00. The number of benzene rings is 1. The molecular weight excluding hydrogens is 408 g/mol. The van der Waals surface area contributed by atoms with Crippen molar-refractivity contribution in [2.45, 2.75) is 50.9 Å². The largest absolute Gasteiger partial charge is 0.373 e. The third-order valence-corrected chi connectivity index (χ3v) is 4.36. The Morgan fingerprint density at radius 2 is 2.09 bits per heavy atom. The van der Waals surface area contributed by atoms with Crippen LogP contribution in [0.1, 0.15) is 31.7 Å². The number of hydrogen-bond acceptors (Lipinski definition) is 2. The minimum Gasteiger partial charge on any atom is -0.373 e. The van der Waals surface area contributed by atoms with Crippen molar-refractivity contribution in [1.29, 1.82) is 0 Å². The monoisotopic (exact) mass is 433 g/mol. The fraction of sp³-hybridized carbons (Fsp3) is 0.588. The molecule has 2 bridgehead atoms. The molecule has 3 atom stereocenters. The number of nitrogens with one attached hydrogen (secondary N) is 2. The molecule has 0 radical (unpaired) electrons. The first kappa shape index (κ1) is 18.4. The molecule has 0 aliphatic carbocycles. The number of fused-ring (bicyclic) bond motifs is 2. The van der Waals surface area contributed by atoms with Gasteiger partial charge in [0.2, 0.25) is 0 Å². The maximum absolute atomic E-state index is 12.9. The summed E-state index contributed by atoms with van der Waals surface area (Å²) in [5, 5.41) is 6.79. The maximum Gasteiger partial charge on any atom is 0.191 e. The normalized spacial score (nSPS) is 26.0. The molecule has 1 aromatic carbocycles. The molecule has 4 nitrogen and oxygen atoms in total. The van der Waals surface area contributed by atoms with Crippen molar-refractivity contribution in [2.24, 2.45) is 4.99 Å². The van der Waals surface area contributed by atoms with E-state index in [0.717, 1.165) is 37.3 Å². The van der Waals surface area contributed by atoms with Crippen LogP contribution in [0.2, 0.25) is 0 Å². The van der Waals surface area contributed by atoms with E-state index in [2.05, 4.69) is 22.5 Å². The number of nitrogens with zero attached hydrogens (tertiary/aromatic N) is 1. The number of aliphatic imine (C=N–C) groups is 1. The van der Waals surface area contributed by atoms with E-state index < -0.39 is 0 Å². The molecule has 0 saturated carbocycles. The average molecular weight is 433 g/mol. The van der Waals surface area contributed by atoms with Crippen molar-refractivity contribution in [3.63, 3.8) is 0 Å². The second kappa shape index (κ2) is 8.82. The molecular formula is C17H25FIN3O. The molecule has 0 spiro atoms. The van der Waals surface area contributed by atoms with Gasteiger partial charge in [0, 0.05) is 13.1 Å². The van der Waals surface area contributed by atoms with Crippen molar-refractivity contribution in [1.82, 2.24) is 10.6 Å². The zero-order chi connectivity index (χ0) is 15.4. The van der Waals surface area contributed by atoms with Gasteiger partial charge in [0.1, 0.15) is 5.82 Å². The summed E-state index contributed by atoms with van der Waals surface area (Å²) in [5.41, 5.74) is 1.10. The van der Waals surface area contributed by atoms with Crippen molar-refractivity contribution in [3.05, 3.63) is 35.6 Å². The molecule has 6 heteroatoms. The van der Waals surface area contributed by atoms with E-state index in [-0.39, 0.29) is 29.8 Å². The zero-order valence-corrected chi connectivity index (χ0v) is 15.8. The first-order valence-corrected chi connectivity index (χ1v) is 8.19. The lowest BCUT2D eigenvalue weighted by molar-refractivity contribution is 0.0992. The Hall–Kier alpha value is -0.890. The number of ether oxygens (including phenoxy) is 1. The molecule has 2 saturated heterocycles. The Morgan fingerprint density at radius 1 is 1.30 bits per heavy atom. The molecule has 2 heterocycles. The van der Waals surface area contributed by atoms with E-state index in [1.54, 1.807) is 0 Å². The predicted octanol–water partition coefficient (Wildman–Crippen LogP) is 2.86. The van der Waals surface area contributed by atoms with Gasteiger partial charge in [-0.25, -0.2) is 4.39 Å². The quantitative estimate of drug-likeness (QED) is 0.427. The van der Waals surface area contributed by atoms with Crippen LogP contribution in [0.25, 0.3) is 0 Å². The van der Waals surface area contributed by atoms with Crippen LogP contribution in [0.15, 0.2) is 29.3 Å². The number of hydrogen-bond donors (Lipinski definition) is 2. The molecule has 2 aliphatic heterocycles. The van der Waals surface area contributed by atoms with E-state index in [9.17, 15) is 4.39 Å². The Bertz CT molecular complexity index is 523. The van der Waals surface area contributed by atoms with Crippen LogP contribution < -0.4 is 10.6 Å². The summed E-state index contributed by atoms with van der Waals surface area (Å²) in [4.78, 5) is 4.62. The molecule has 1 aromatic rings. The topological polar surface area (TPSA) is 45.7 Å². The van der Waals surface area contributed by atoms with Gasteiger partial charge in [0.05, 0.1) is 18.2 Å². The van der Waals surface area contributed by atoms with Gasteiger partial charge in [-0.15, -0.1) is 24.0 Å². The van der Waals surface area contributed by atoms with Gasteiger partial charge >= 0.3 is 0 Å². The summed E-state index contributed by atoms with van der Waals surface area (Å²) in [6.07, 6.45) is 5.01. The SMILES string of the molecule is CCNC(=NCCc1ccc(F)cc1)NC1CC2CCC1O2.I. The van der Waals surface area contributed by atoms with Crippen LogP contribution in [-0.2, 0) is 11.2 Å². The molecule has 0 amide bonds. The maximum atomic E-state index is 12.9. The lowest BCUT2D eigenvalue weighted by atomic mass is 9.96. The van der Waals surface area contributed by atoms with E-state index in [1.165, 1.54) is 18.6 Å². The van der Waals surface area contributed by atoms with Gasteiger partial charge in [-0.1, -0.05) is 12.1 Å². The summed E-state index contributed by atoms with van der Waals surface area (Å²) in [7, 11) is 0. The third-order valence-electron chi connectivity index (χ3n) is 4.36. The lowest BCUT2D eigenvalue weighted by Crippen LogP contribution is -2.47. The van der Waals surface area contributed by atoms with Gasteiger partial charge in [0.25, 0.3) is 0 Å². The van der Waals surface area contributed by atoms with Gasteiger partial charge < -0.3 is 15.4 Å². The van der Waals surface area contributed by atoms with Gasteiger partial charge in [-0.2, -0.15) is 0 Å². The molecule has 2 N–H and O–H groups in total. The van der Waals surface area contributed by atoms with Crippen LogP contribution in [0.3, 0.4) is 0 Å². The van der Waals surface area contributed by atoms with Crippen LogP contribution >= 0.6 is 24.0 Å². The molecule has 0 aromatic heterocycles. The molecule has 2 fully saturated rings. The highest BCUT2D eigenvalue weighted by Crippen LogP contribution is 2.34. The van der Waals surface area contributed by atoms with Gasteiger partial charge in [0.15, 0.2) is 5.96 Å². The molecule has 2 aliphatic rings. The van der Waals surface area contributed by atoms with E-state index >= 15 is 0 Å². The second-order valence-corrected chi connectivity index (χ2v) is 6.00. The summed E-state index contributed by atoms with van der Waals surface area (Å²) in [6.45, 7) is 3.58. The van der Waals surface area contributed by atoms with E-state index in [0.29, 0.717) is 24.8 Å². The fourth-order valence-electron chi connectivity index (χ4n) is 3.23.